The summed E-state index contributed by atoms with van der Waals surface area (Å²) in [6.45, 7) is 1.78. The van der Waals surface area contributed by atoms with Gasteiger partial charge in [0.05, 0.1) is 0 Å². The van der Waals surface area contributed by atoms with Gasteiger partial charge in [0, 0.05) is 13.2 Å². The molecule has 0 spiro atoms. The fourth-order valence-corrected chi connectivity index (χ4v) is 0.597. The summed E-state index contributed by atoms with van der Waals surface area (Å²) in [5, 5.41) is 8.30. The Bertz CT molecular complexity index is 131. The molecule has 0 heterocycles. The molecule has 12 heavy (non-hydrogen) atoms. The molecule has 0 aromatic carbocycles. The first kappa shape index (κ1) is 11.4. The summed E-state index contributed by atoms with van der Waals surface area (Å²) in [7, 11) is 0. The minimum absolute atomic E-state index is 0.0503. The highest BCUT2D eigenvalue weighted by molar-refractivity contribution is 5.23. The SMILES string of the molecule is C=NCC(F)(F)COCCCO. The Kier molecular flexibility index (Phi) is 5.74. The second-order valence-electron chi connectivity index (χ2n) is 2.37. The van der Waals surface area contributed by atoms with E-state index in [1.54, 1.807) is 0 Å². The molecule has 0 aliphatic rings. The molecule has 5 heteroatoms. The van der Waals surface area contributed by atoms with Crippen LogP contribution in [0.15, 0.2) is 4.99 Å². The molecular formula is C7H13F2NO2. The van der Waals surface area contributed by atoms with Gasteiger partial charge in [0.15, 0.2) is 0 Å². The molecule has 0 fully saturated rings. The maximum Gasteiger partial charge on any atom is 0.289 e. The van der Waals surface area contributed by atoms with E-state index < -0.39 is 19.1 Å². The number of alkyl halides is 2. The number of rotatable bonds is 7. The minimum Gasteiger partial charge on any atom is -0.396 e. The second-order valence-corrected chi connectivity index (χ2v) is 2.37. The van der Waals surface area contributed by atoms with Crippen LogP contribution >= 0.6 is 0 Å². The highest BCUT2D eigenvalue weighted by Gasteiger charge is 2.28. The molecule has 72 valence electrons. The first-order valence-electron chi connectivity index (χ1n) is 3.61. The standard InChI is InChI=1S/C7H13F2NO2/c1-10-5-7(8,9)6-12-4-2-3-11/h11H,1-6H2. The first-order valence-corrected chi connectivity index (χ1v) is 3.61. The number of ether oxygens (including phenoxy) is 1. The van der Waals surface area contributed by atoms with Crippen molar-refractivity contribution in [1.29, 1.82) is 0 Å². The summed E-state index contributed by atoms with van der Waals surface area (Å²) in [4.78, 5) is 3.08. The predicted octanol–water partition coefficient (Wildman–Crippen LogP) is 0.721. The van der Waals surface area contributed by atoms with Gasteiger partial charge in [0.1, 0.15) is 13.2 Å². The van der Waals surface area contributed by atoms with E-state index in [1.165, 1.54) is 0 Å². The largest absolute Gasteiger partial charge is 0.396 e. The Balaban J connectivity index is 3.39. The van der Waals surface area contributed by atoms with Crippen LogP contribution in [0.1, 0.15) is 6.42 Å². The molecule has 0 aromatic heterocycles. The molecule has 0 aliphatic heterocycles. The molecule has 0 saturated carbocycles. The van der Waals surface area contributed by atoms with E-state index in [-0.39, 0.29) is 13.2 Å². The van der Waals surface area contributed by atoms with Gasteiger partial charge in [-0.1, -0.05) is 0 Å². The van der Waals surface area contributed by atoms with Crippen LogP contribution in [0, 0.1) is 0 Å². The lowest BCUT2D eigenvalue weighted by molar-refractivity contribution is -0.0703. The van der Waals surface area contributed by atoms with Gasteiger partial charge in [-0.2, -0.15) is 0 Å². The summed E-state index contributed by atoms with van der Waals surface area (Å²) in [5.74, 6) is -2.93. The van der Waals surface area contributed by atoms with Gasteiger partial charge >= 0.3 is 0 Å². The number of aliphatic hydroxyl groups is 1. The summed E-state index contributed by atoms with van der Waals surface area (Å²) < 4.78 is 29.7. The van der Waals surface area contributed by atoms with Gasteiger partial charge in [-0.15, -0.1) is 0 Å². The topological polar surface area (TPSA) is 41.8 Å². The fourth-order valence-electron chi connectivity index (χ4n) is 0.597. The Labute approximate surface area is 70.1 Å². The maximum atomic E-state index is 12.5. The fraction of sp³-hybridized carbons (Fsp3) is 0.857. The van der Waals surface area contributed by atoms with Crippen LogP contribution in [0.25, 0.3) is 0 Å². The molecule has 0 rings (SSSR count). The van der Waals surface area contributed by atoms with Crippen molar-refractivity contribution < 1.29 is 18.6 Å². The normalized spacial score (nSPS) is 11.6. The Hall–Kier alpha value is -0.550. The Morgan fingerprint density at radius 2 is 2.17 bits per heavy atom. The highest BCUT2D eigenvalue weighted by atomic mass is 19.3. The lowest BCUT2D eigenvalue weighted by Gasteiger charge is -2.13. The van der Waals surface area contributed by atoms with Crippen LogP contribution in [0.3, 0.4) is 0 Å². The molecule has 1 N–H and O–H groups in total. The highest BCUT2D eigenvalue weighted by Crippen LogP contribution is 2.13. The molecule has 0 amide bonds. The van der Waals surface area contributed by atoms with Crippen LogP contribution in [0.2, 0.25) is 0 Å². The Morgan fingerprint density at radius 3 is 2.67 bits per heavy atom. The molecule has 0 atom stereocenters. The lowest BCUT2D eigenvalue weighted by Crippen LogP contribution is -2.27. The van der Waals surface area contributed by atoms with Crippen molar-refractivity contribution in [3.8, 4) is 0 Å². The first-order chi connectivity index (χ1) is 5.62. The number of nitrogens with zero attached hydrogens (tertiary/aromatic N) is 1. The quantitative estimate of drug-likeness (QED) is 0.464. The van der Waals surface area contributed by atoms with E-state index >= 15 is 0 Å². The molecule has 3 nitrogen and oxygen atoms in total. The van der Waals surface area contributed by atoms with Gasteiger partial charge < -0.3 is 9.84 Å². The van der Waals surface area contributed by atoms with E-state index in [2.05, 4.69) is 16.4 Å². The zero-order chi connectivity index (χ0) is 9.45. The van der Waals surface area contributed by atoms with Gasteiger partial charge in [-0.25, -0.2) is 8.78 Å². The average Bonchev–Trinajstić information content (AvgIpc) is 1.98. The zero-order valence-corrected chi connectivity index (χ0v) is 6.80. The van der Waals surface area contributed by atoms with E-state index in [0.29, 0.717) is 6.42 Å². The van der Waals surface area contributed by atoms with Crippen molar-refractivity contribution >= 4 is 6.72 Å². The van der Waals surface area contributed by atoms with Crippen molar-refractivity contribution in [2.24, 2.45) is 4.99 Å². The average molecular weight is 181 g/mol. The van der Waals surface area contributed by atoms with Gasteiger partial charge in [-0.3, -0.25) is 4.99 Å². The Morgan fingerprint density at radius 1 is 1.50 bits per heavy atom. The van der Waals surface area contributed by atoms with Gasteiger partial charge in [-0.05, 0) is 13.1 Å². The van der Waals surface area contributed by atoms with E-state index in [1.807, 2.05) is 0 Å². The number of halogens is 2. The van der Waals surface area contributed by atoms with Crippen LogP contribution in [0.4, 0.5) is 8.78 Å². The number of aliphatic imine (C=N–C) groups is 1. The monoisotopic (exact) mass is 181 g/mol. The van der Waals surface area contributed by atoms with Crippen LogP contribution < -0.4 is 0 Å². The zero-order valence-electron chi connectivity index (χ0n) is 6.80. The summed E-state index contributed by atoms with van der Waals surface area (Å²) in [6.07, 6.45) is 0.373. The van der Waals surface area contributed by atoms with E-state index in [0.717, 1.165) is 0 Å². The molecule has 0 unspecified atom stereocenters. The van der Waals surface area contributed by atoms with Gasteiger partial charge in [0.25, 0.3) is 5.92 Å². The molecule has 0 saturated heterocycles. The molecule has 0 radical (unpaired) electrons. The van der Waals surface area contributed by atoms with Crippen molar-refractivity contribution in [1.82, 2.24) is 0 Å². The summed E-state index contributed by atoms with van der Waals surface area (Å²) in [6, 6.07) is 0. The molecule has 0 aromatic rings. The molecule has 0 bridgehead atoms. The molecule has 0 aliphatic carbocycles. The van der Waals surface area contributed by atoms with Crippen molar-refractivity contribution in [3.63, 3.8) is 0 Å². The maximum absolute atomic E-state index is 12.5. The minimum atomic E-state index is -2.93. The number of aliphatic hydroxyl groups excluding tert-OH is 1. The van der Waals surface area contributed by atoms with Crippen LogP contribution in [-0.4, -0.2) is 44.1 Å². The van der Waals surface area contributed by atoms with Crippen molar-refractivity contribution in [2.75, 3.05) is 26.4 Å². The number of hydrogen-bond acceptors (Lipinski definition) is 3. The third-order valence-corrected chi connectivity index (χ3v) is 1.10. The van der Waals surface area contributed by atoms with Crippen LogP contribution in [-0.2, 0) is 4.74 Å². The van der Waals surface area contributed by atoms with Crippen molar-refractivity contribution in [2.45, 2.75) is 12.3 Å². The van der Waals surface area contributed by atoms with Gasteiger partial charge in [0.2, 0.25) is 0 Å². The lowest BCUT2D eigenvalue weighted by atomic mass is 10.3. The van der Waals surface area contributed by atoms with Crippen LogP contribution in [0.5, 0.6) is 0 Å². The van der Waals surface area contributed by atoms with E-state index in [4.69, 9.17) is 5.11 Å². The summed E-state index contributed by atoms with van der Waals surface area (Å²) in [5.41, 5.74) is 0. The molecular weight excluding hydrogens is 168 g/mol. The van der Waals surface area contributed by atoms with Crippen molar-refractivity contribution in [3.05, 3.63) is 0 Å². The smallest absolute Gasteiger partial charge is 0.289 e. The predicted molar refractivity (Wildman–Crippen MR) is 41.9 cm³/mol. The second kappa shape index (κ2) is 6.02. The number of hydrogen-bond donors (Lipinski definition) is 1. The summed E-state index contributed by atoms with van der Waals surface area (Å²) >= 11 is 0. The van der Waals surface area contributed by atoms with E-state index in [9.17, 15) is 8.78 Å². The third kappa shape index (κ3) is 6.18. The third-order valence-electron chi connectivity index (χ3n) is 1.10.